The molecule has 0 aromatic heterocycles. The third-order valence-electron chi connectivity index (χ3n) is 3.69. The Hall–Kier alpha value is -2.64. The highest BCUT2D eigenvalue weighted by molar-refractivity contribution is 6.01. The van der Waals surface area contributed by atoms with Crippen LogP contribution in [-0.2, 0) is 9.59 Å². The molecule has 7 nitrogen and oxygen atoms in total. The van der Waals surface area contributed by atoms with E-state index in [1.165, 1.54) is 21.9 Å². The predicted molar refractivity (Wildman–Crippen MR) is 82.0 cm³/mol. The van der Waals surface area contributed by atoms with E-state index < -0.39 is 23.9 Å². The number of carboxylic acid groups (broad SMARTS) is 1. The number of anilines is 2. The van der Waals surface area contributed by atoms with E-state index >= 15 is 0 Å². The Morgan fingerprint density at radius 1 is 1.52 bits per heavy atom. The monoisotopic (exact) mass is 323 g/mol. The van der Waals surface area contributed by atoms with Crippen molar-refractivity contribution in [1.82, 2.24) is 5.32 Å². The number of carbonyl (C=O) groups is 3. The molecule has 124 valence electrons. The normalized spacial score (nSPS) is 17.5. The fourth-order valence-electron chi connectivity index (χ4n) is 2.56. The van der Waals surface area contributed by atoms with Crippen molar-refractivity contribution in [3.63, 3.8) is 0 Å². The minimum Gasteiger partial charge on any atom is -0.465 e. The highest BCUT2D eigenvalue weighted by atomic mass is 19.1. The van der Waals surface area contributed by atoms with Gasteiger partial charge in [-0.15, -0.1) is 0 Å². The van der Waals surface area contributed by atoms with Crippen molar-refractivity contribution in [3.05, 3.63) is 24.0 Å². The van der Waals surface area contributed by atoms with Gasteiger partial charge in [0.25, 0.3) is 0 Å². The van der Waals surface area contributed by atoms with Gasteiger partial charge in [0.05, 0.1) is 5.69 Å². The molecule has 0 spiro atoms. The van der Waals surface area contributed by atoms with Crippen molar-refractivity contribution in [2.45, 2.75) is 32.4 Å². The topological polar surface area (TPSA) is 90.0 Å². The maximum atomic E-state index is 14.4. The van der Waals surface area contributed by atoms with Crippen LogP contribution in [0.5, 0.6) is 0 Å². The number of hydrogen-bond donors (Lipinski definition) is 2. The van der Waals surface area contributed by atoms with Crippen molar-refractivity contribution in [1.29, 1.82) is 0 Å². The second-order valence-electron chi connectivity index (χ2n) is 5.52. The zero-order valence-corrected chi connectivity index (χ0v) is 12.8. The first-order valence-corrected chi connectivity index (χ1v) is 7.19. The third kappa shape index (κ3) is 3.41. The molecule has 1 aliphatic heterocycles. The Morgan fingerprint density at radius 2 is 2.22 bits per heavy atom. The summed E-state index contributed by atoms with van der Waals surface area (Å²) in [6.07, 6.45) is -0.398. The number of benzene rings is 1. The fraction of sp³-hybridized carbons (Fsp3) is 0.400. The van der Waals surface area contributed by atoms with Crippen molar-refractivity contribution in [2.24, 2.45) is 0 Å². The lowest BCUT2D eigenvalue weighted by atomic mass is 10.2. The molecule has 2 rings (SSSR count). The van der Waals surface area contributed by atoms with E-state index in [1.54, 1.807) is 19.9 Å². The molecule has 8 heteroatoms. The Morgan fingerprint density at radius 3 is 2.74 bits per heavy atom. The van der Waals surface area contributed by atoms with E-state index in [1.807, 2.05) is 0 Å². The van der Waals surface area contributed by atoms with E-state index in [2.05, 4.69) is 5.32 Å². The van der Waals surface area contributed by atoms with E-state index in [0.717, 1.165) is 0 Å². The largest absolute Gasteiger partial charge is 0.465 e. The molecule has 1 heterocycles. The zero-order valence-electron chi connectivity index (χ0n) is 12.8. The van der Waals surface area contributed by atoms with Gasteiger partial charge in [0.2, 0.25) is 12.3 Å². The quantitative estimate of drug-likeness (QED) is 0.805. The molecule has 0 bridgehead atoms. The van der Waals surface area contributed by atoms with Crippen LogP contribution in [0.1, 0.15) is 20.3 Å². The number of amides is 3. The summed E-state index contributed by atoms with van der Waals surface area (Å²) in [5.41, 5.74) is 0.464. The average Bonchev–Trinajstić information content (AvgIpc) is 2.80. The summed E-state index contributed by atoms with van der Waals surface area (Å²) in [6.45, 7) is 3.82. The highest BCUT2D eigenvalue weighted by Crippen LogP contribution is 2.28. The third-order valence-corrected chi connectivity index (χ3v) is 3.69. The molecule has 1 fully saturated rings. The van der Waals surface area contributed by atoms with Gasteiger partial charge in [-0.1, -0.05) is 0 Å². The van der Waals surface area contributed by atoms with Crippen molar-refractivity contribution in [2.75, 3.05) is 16.3 Å². The molecule has 0 unspecified atom stereocenters. The van der Waals surface area contributed by atoms with Gasteiger partial charge < -0.3 is 20.2 Å². The minimum absolute atomic E-state index is 0.0723. The van der Waals surface area contributed by atoms with E-state index in [0.29, 0.717) is 12.1 Å². The number of nitrogens with one attached hydrogen (secondary N) is 1. The van der Waals surface area contributed by atoms with Gasteiger partial charge >= 0.3 is 6.09 Å². The first-order valence-electron chi connectivity index (χ1n) is 7.19. The lowest BCUT2D eigenvalue weighted by Gasteiger charge is -2.23. The average molecular weight is 323 g/mol. The van der Waals surface area contributed by atoms with Gasteiger partial charge in [0.1, 0.15) is 11.9 Å². The summed E-state index contributed by atoms with van der Waals surface area (Å²) in [5, 5.41) is 10.8. The lowest BCUT2D eigenvalue weighted by molar-refractivity contribution is -0.118. The van der Waals surface area contributed by atoms with Gasteiger partial charge in [0, 0.05) is 18.3 Å². The van der Waals surface area contributed by atoms with Crippen LogP contribution in [0.15, 0.2) is 18.2 Å². The fourth-order valence-corrected chi connectivity index (χ4v) is 2.56. The van der Waals surface area contributed by atoms with Crippen LogP contribution < -0.4 is 15.1 Å². The summed E-state index contributed by atoms with van der Waals surface area (Å²) < 4.78 is 14.4. The van der Waals surface area contributed by atoms with Gasteiger partial charge in [-0.25, -0.2) is 9.18 Å². The Bertz CT molecular complexity index is 635. The predicted octanol–water partition coefficient (Wildman–Crippen LogP) is 1.57. The van der Waals surface area contributed by atoms with Crippen molar-refractivity contribution >= 4 is 29.8 Å². The molecule has 23 heavy (non-hydrogen) atoms. The van der Waals surface area contributed by atoms with Crippen LogP contribution in [0.4, 0.5) is 20.6 Å². The SMILES string of the molecule is CC(C)N(C=O)c1ccc(N2CC[C@H](NC(=O)O)C2=O)c(F)c1. The Balaban J connectivity index is 2.23. The summed E-state index contributed by atoms with van der Waals surface area (Å²) >= 11 is 0. The van der Waals surface area contributed by atoms with Crippen LogP contribution in [0.3, 0.4) is 0 Å². The van der Waals surface area contributed by atoms with E-state index in [4.69, 9.17) is 5.11 Å². The molecule has 1 atom stereocenters. The maximum Gasteiger partial charge on any atom is 0.405 e. The van der Waals surface area contributed by atoms with Gasteiger partial charge in [-0.05, 0) is 38.5 Å². The van der Waals surface area contributed by atoms with E-state index in [-0.39, 0.29) is 24.7 Å². The summed E-state index contributed by atoms with van der Waals surface area (Å²) in [6, 6.07) is 3.17. The highest BCUT2D eigenvalue weighted by Gasteiger charge is 2.34. The second-order valence-corrected chi connectivity index (χ2v) is 5.52. The molecule has 0 saturated carbocycles. The van der Waals surface area contributed by atoms with Gasteiger partial charge in [0.15, 0.2) is 0 Å². The molecular weight excluding hydrogens is 305 g/mol. The number of carbonyl (C=O) groups excluding carboxylic acids is 2. The summed E-state index contributed by atoms with van der Waals surface area (Å²) in [5.74, 6) is -1.13. The Kier molecular flexibility index (Phi) is 4.83. The summed E-state index contributed by atoms with van der Waals surface area (Å²) in [4.78, 5) is 36.4. The maximum absolute atomic E-state index is 14.4. The van der Waals surface area contributed by atoms with E-state index in [9.17, 15) is 18.8 Å². The van der Waals surface area contributed by atoms with Crippen molar-refractivity contribution < 1.29 is 23.9 Å². The Labute approximate surface area is 132 Å². The molecule has 3 amide bonds. The number of halogens is 1. The molecule has 1 aromatic carbocycles. The van der Waals surface area contributed by atoms with Crippen LogP contribution in [0.2, 0.25) is 0 Å². The van der Waals surface area contributed by atoms with Crippen LogP contribution in [0, 0.1) is 5.82 Å². The first kappa shape index (κ1) is 16.7. The van der Waals surface area contributed by atoms with Gasteiger partial charge in [-0.3, -0.25) is 9.59 Å². The zero-order chi connectivity index (χ0) is 17.1. The number of hydrogen-bond acceptors (Lipinski definition) is 3. The smallest absolute Gasteiger partial charge is 0.405 e. The standard InChI is InChI=1S/C15H18FN3O4/c1-9(2)19(8-20)10-3-4-13(11(16)7-10)18-6-5-12(14(18)21)17-15(22)23/h3-4,7-9,12,17H,5-6H2,1-2H3,(H,22,23)/t12-/m0/s1. The van der Waals surface area contributed by atoms with Crippen LogP contribution >= 0.6 is 0 Å². The van der Waals surface area contributed by atoms with Crippen molar-refractivity contribution in [3.8, 4) is 0 Å². The molecule has 2 N–H and O–H groups in total. The number of nitrogens with zero attached hydrogens (tertiary/aromatic N) is 2. The molecule has 1 aliphatic rings. The van der Waals surface area contributed by atoms with Crippen LogP contribution in [0.25, 0.3) is 0 Å². The number of rotatable bonds is 5. The molecule has 1 saturated heterocycles. The molecular formula is C15H18FN3O4. The van der Waals surface area contributed by atoms with Gasteiger partial charge in [-0.2, -0.15) is 0 Å². The summed E-state index contributed by atoms with van der Waals surface area (Å²) in [7, 11) is 0. The molecule has 0 aliphatic carbocycles. The second kappa shape index (κ2) is 6.64. The molecule has 1 aromatic rings. The molecule has 0 radical (unpaired) electrons. The lowest BCUT2D eigenvalue weighted by Crippen LogP contribution is -2.41. The first-order chi connectivity index (χ1) is 10.8. The van der Waals surface area contributed by atoms with Crippen LogP contribution in [-0.4, -0.2) is 42.1 Å². The minimum atomic E-state index is -1.29.